The van der Waals surface area contributed by atoms with Crippen molar-refractivity contribution >= 4 is 11.6 Å². The molecule has 0 heterocycles. The molecule has 1 saturated carbocycles. The highest BCUT2D eigenvalue weighted by atomic mass is 35.5. The minimum atomic E-state index is 0.201. The number of hydrogen-bond acceptors (Lipinski definition) is 0. The molecule has 100 valence electrons. The lowest BCUT2D eigenvalue weighted by molar-refractivity contribution is 0.423. The highest BCUT2D eigenvalue weighted by Gasteiger charge is 2.18. The summed E-state index contributed by atoms with van der Waals surface area (Å²) in [5.74, 6) is 0.844. The zero-order valence-corrected chi connectivity index (χ0v) is 12.5. The SMILES string of the molecule is Cc1ccc(C(Cl)CC2CCCCCC2)cc1C. The summed E-state index contributed by atoms with van der Waals surface area (Å²) in [7, 11) is 0. The van der Waals surface area contributed by atoms with Crippen LogP contribution in [0.3, 0.4) is 0 Å². The Bertz CT molecular complexity index is 375. The van der Waals surface area contributed by atoms with Crippen LogP contribution in [-0.4, -0.2) is 0 Å². The van der Waals surface area contributed by atoms with Gasteiger partial charge >= 0.3 is 0 Å². The van der Waals surface area contributed by atoms with Crippen molar-refractivity contribution in [2.24, 2.45) is 5.92 Å². The lowest BCUT2D eigenvalue weighted by Gasteiger charge is -2.18. The molecule has 0 spiro atoms. The largest absolute Gasteiger partial charge is 0.118 e. The van der Waals surface area contributed by atoms with Crippen molar-refractivity contribution in [3.8, 4) is 0 Å². The lowest BCUT2D eigenvalue weighted by atomic mass is 9.92. The third kappa shape index (κ3) is 3.75. The molecular formula is C17H25Cl. The van der Waals surface area contributed by atoms with Crippen LogP contribution in [-0.2, 0) is 0 Å². The molecule has 0 saturated heterocycles. The second-order valence-corrected chi connectivity index (χ2v) is 6.43. The van der Waals surface area contributed by atoms with Gasteiger partial charge in [0.1, 0.15) is 0 Å². The fourth-order valence-corrected chi connectivity index (χ4v) is 3.38. The minimum Gasteiger partial charge on any atom is -0.118 e. The van der Waals surface area contributed by atoms with Gasteiger partial charge in [-0.25, -0.2) is 0 Å². The van der Waals surface area contributed by atoms with E-state index in [4.69, 9.17) is 11.6 Å². The summed E-state index contributed by atoms with van der Waals surface area (Å²) in [5, 5.41) is 0.201. The molecule has 1 aromatic carbocycles. The van der Waals surface area contributed by atoms with Gasteiger partial charge in [0.2, 0.25) is 0 Å². The van der Waals surface area contributed by atoms with Gasteiger partial charge in [-0.1, -0.05) is 56.7 Å². The van der Waals surface area contributed by atoms with E-state index in [1.165, 1.54) is 55.2 Å². The Morgan fingerprint density at radius 2 is 1.72 bits per heavy atom. The van der Waals surface area contributed by atoms with Gasteiger partial charge in [0.15, 0.2) is 0 Å². The molecule has 0 N–H and O–H groups in total. The first-order valence-corrected chi connectivity index (χ1v) is 7.81. The van der Waals surface area contributed by atoms with Crippen LogP contribution in [0.4, 0.5) is 0 Å². The Morgan fingerprint density at radius 1 is 1.06 bits per heavy atom. The van der Waals surface area contributed by atoms with Gasteiger partial charge < -0.3 is 0 Å². The predicted molar refractivity (Wildman–Crippen MR) is 80.3 cm³/mol. The van der Waals surface area contributed by atoms with E-state index in [-0.39, 0.29) is 5.38 Å². The molecule has 0 radical (unpaired) electrons. The summed E-state index contributed by atoms with van der Waals surface area (Å²) < 4.78 is 0. The average molecular weight is 265 g/mol. The van der Waals surface area contributed by atoms with Crippen LogP contribution in [0, 0.1) is 19.8 Å². The normalized spacial score (nSPS) is 19.5. The Labute approximate surface area is 117 Å². The van der Waals surface area contributed by atoms with Crippen molar-refractivity contribution in [1.82, 2.24) is 0 Å². The maximum absolute atomic E-state index is 6.62. The number of aryl methyl sites for hydroxylation is 2. The second kappa shape index (κ2) is 6.61. The van der Waals surface area contributed by atoms with Crippen LogP contribution in [0.25, 0.3) is 0 Å². The summed E-state index contributed by atoms with van der Waals surface area (Å²) in [6.07, 6.45) is 9.58. The third-order valence-electron chi connectivity index (χ3n) is 4.41. The van der Waals surface area contributed by atoms with Crippen LogP contribution in [0.5, 0.6) is 0 Å². The zero-order chi connectivity index (χ0) is 13.0. The molecule has 1 atom stereocenters. The second-order valence-electron chi connectivity index (χ2n) is 5.90. The summed E-state index contributed by atoms with van der Waals surface area (Å²) in [4.78, 5) is 0. The van der Waals surface area contributed by atoms with Gasteiger partial charge in [0, 0.05) is 0 Å². The molecular weight excluding hydrogens is 240 g/mol. The standard InChI is InChI=1S/C17H25Cl/c1-13-9-10-16(11-14(13)2)17(18)12-15-7-5-3-4-6-8-15/h9-11,15,17H,3-8,12H2,1-2H3. The van der Waals surface area contributed by atoms with Crippen molar-refractivity contribution < 1.29 is 0 Å². The van der Waals surface area contributed by atoms with E-state index in [1.54, 1.807) is 0 Å². The number of benzene rings is 1. The minimum absolute atomic E-state index is 0.201. The molecule has 1 heteroatoms. The highest BCUT2D eigenvalue weighted by Crippen LogP contribution is 2.34. The highest BCUT2D eigenvalue weighted by molar-refractivity contribution is 6.20. The number of halogens is 1. The van der Waals surface area contributed by atoms with Gasteiger partial charge in [-0.15, -0.1) is 11.6 Å². The van der Waals surface area contributed by atoms with Crippen LogP contribution >= 0.6 is 11.6 Å². The average Bonchev–Trinajstić information content (AvgIpc) is 2.61. The lowest BCUT2D eigenvalue weighted by Crippen LogP contribution is -2.03. The van der Waals surface area contributed by atoms with Gasteiger partial charge in [0.05, 0.1) is 5.38 Å². The van der Waals surface area contributed by atoms with Gasteiger partial charge in [-0.3, -0.25) is 0 Å². The molecule has 18 heavy (non-hydrogen) atoms. The zero-order valence-electron chi connectivity index (χ0n) is 11.7. The number of hydrogen-bond donors (Lipinski definition) is 0. The summed E-state index contributed by atoms with van der Waals surface area (Å²) in [6.45, 7) is 4.34. The Hall–Kier alpha value is -0.490. The molecule has 1 aliphatic rings. The molecule has 0 nitrogen and oxygen atoms in total. The summed E-state index contributed by atoms with van der Waals surface area (Å²) in [5.41, 5.74) is 4.03. The summed E-state index contributed by atoms with van der Waals surface area (Å²) in [6, 6.07) is 6.67. The molecule has 1 fully saturated rings. The smallest absolute Gasteiger partial charge is 0.0588 e. The molecule has 0 amide bonds. The Kier molecular flexibility index (Phi) is 5.12. The van der Waals surface area contributed by atoms with Crippen molar-refractivity contribution in [2.75, 3.05) is 0 Å². The topological polar surface area (TPSA) is 0 Å². The molecule has 0 aliphatic heterocycles. The fraction of sp³-hybridized carbons (Fsp3) is 0.647. The molecule has 1 unspecified atom stereocenters. The number of rotatable bonds is 3. The third-order valence-corrected chi connectivity index (χ3v) is 4.84. The van der Waals surface area contributed by atoms with Crippen molar-refractivity contribution in [2.45, 2.75) is 64.2 Å². The van der Waals surface area contributed by atoms with Crippen molar-refractivity contribution in [3.63, 3.8) is 0 Å². The van der Waals surface area contributed by atoms with E-state index in [9.17, 15) is 0 Å². The summed E-state index contributed by atoms with van der Waals surface area (Å²) >= 11 is 6.62. The molecule has 0 bridgehead atoms. The molecule has 1 aliphatic carbocycles. The van der Waals surface area contributed by atoms with Crippen molar-refractivity contribution in [3.05, 3.63) is 34.9 Å². The van der Waals surface area contributed by atoms with E-state index in [0.717, 1.165) is 12.3 Å². The quantitative estimate of drug-likeness (QED) is 0.468. The van der Waals surface area contributed by atoms with Gasteiger partial charge in [0.25, 0.3) is 0 Å². The van der Waals surface area contributed by atoms with E-state index >= 15 is 0 Å². The van der Waals surface area contributed by atoms with E-state index in [1.807, 2.05) is 0 Å². The van der Waals surface area contributed by atoms with Crippen LogP contribution < -0.4 is 0 Å². The first-order valence-electron chi connectivity index (χ1n) is 7.38. The van der Waals surface area contributed by atoms with Crippen LogP contribution in [0.1, 0.15) is 67.0 Å². The molecule has 0 aromatic heterocycles. The van der Waals surface area contributed by atoms with Crippen molar-refractivity contribution in [1.29, 1.82) is 0 Å². The van der Waals surface area contributed by atoms with E-state index in [2.05, 4.69) is 32.0 Å². The van der Waals surface area contributed by atoms with Crippen LogP contribution in [0.15, 0.2) is 18.2 Å². The first kappa shape index (κ1) is 13.9. The predicted octanol–water partition coefficient (Wildman–Crippen LogP) is 5.94. The van der Waals surface area contributed by atoms with E-state index < -0.39 is 0 Å². The molecule has 2 rings (SSSR count). The van der Waals surface area contributed by atoms with Gasteiger partial charge in [-0.05, 0) is 42.9 Å². The van der Waals surface area contributed by atoms with Crippen LogP contribution in [0.2, 0.25) is 0 Å². The maximum Gasteiger partial charge on any atom is 0.0588 e. The van der Waals surface area contributed by atoms with Gasteiger partial charge in [-0.2, -0.15) is 0 Å². The maximum atomic E-state index is 6.62. The van der Waals surface area contributed by atoms with E-state index in [0.29, 0.717) is 0 Å². The fourth-order valence-electron chi connectivity index (χ4n) is 2.99. The first-order chi connectivity index (χ1) is 8.66. The molecule has 1 aromatic rings. The monoisotopic (exact) mass is 264 g/mol. The Morgan fingerprint density at radius 3 is 2.33 bits per heavy atom. The Balaban J connectivity index is 1.97. The number of alkyl halides is 1.